The van der Waals surface area contributed by atoms with Crippen molar-refractivity contribution < 1.29 is 27.0 Å². The molecule has 0 radical (unpaired) electrons. The van der Waals surface area contributed by atoms with E-state index in [9.17, 15) is 17.6 Å². The maximum Gasteiger partial charge on any atom is 0.573 e. The van der Waals surface area contributed by atoms with Crippen molar-refractivity contribution >= 4 is 0 Å². The minimum absolute atomic E-state index is 0.299. The van der Waals surface area contributed by atoms with E-state index in [1.165, 1.54) is 0 Å². The third-order valence-corrected chi connectivity index (χ3v) is 1.36. The lowest BCUT2D eigenvalue weighted by atomic mass is 10.3. The third kappa shape index (κ3) is 2.79. The number of methoxy groups -OCH3 is 1. The van der Waals surface area contributed by atoms with E-state index in [2.05, 4.69) is 9.47 Å². The Morgan fingerprint density at radius 1 is 1.21 bits per heavy atom. The molecule has 0 unspecified atom stereocenters. The van der Waals surface area contributed by atoms with Crippen molar-refractivity contribution in [1.29, 1.82) is 0 Å². The van der Waals surface area contributed by atoms with Gasteiger partial charge in [-0.25, -0.2) is 4.39 Å². The molecule has 0 aliphatic heterocycles. The molecular weight excluding hydrogens is 204 g/mol. The zero-order valence-corrected chi connectivity index (χ0v) is 7.06. The van der Waals surface area contributed by atoms with Crippen LogP contribution in [-0.2, 0) is 0 Å². The van der Waals surface area contributed by atoms with Gasteiger partial charge in [0.1, 0.15) is 5.75 Å². The van der Waals surface area contributed by atoms with Gasteiger partial charge in [0, 0.05) is 6.07 Å². The minimum atomic E-state index is -4.79. The smallest absolute Gasteiger partial charge is 0.494 e. The zero-order valence-electron chi connectivity index (χ0n) is 7.06. The van der Waals surface area contributed by atoms with Crippen molar-refractivity contribution in [2.24, 2.45) is 0 Å². The van der Waals surface area contributed by atoms with Crippen LogP contribution in [0.15, 0.2) is 18.2 Å². The molecule has 0 saturated heterocycles. The summed E-state index contributed by atoms with van der Waals surface area (Å²) in [5.74, 6) is -1.57. The van der Waals surface area contributed by atoms with Crippen molar-refractivity contribution in [3.63, 3.8) is 0 Å². The standard InChI is InChI=1S/C8H6F4O2/c1-13-7-4-5(2-3-6(7)9)14-8(10,11)12/h2-4H,1H3. The molecule has 1 aromatic carbocycles. The van der Waals surface area contributed by atoms with Crippen molar-refractivity contribution in [2.75, 3.05) is 7.11 Å². The summed E-state index contributed by atoms with van der Waals surface area (Å²) in [6.45, 7) is 0. The molecule has 0 atom stereocenters. The van der Waals surface area contributed by atoms with E-state index in [1.807, 2.05) is 0 Å². The summed E-state index contributed by atoms with van der Waals surface area (Å²) < 4.78 is 55.9. The largest absolute Gasteiger partial charge is 0.573 e. The SMILES string of the molecule is COc1cc(OC(F)(F)F)ccc1F. The van der Waals surface area contributed by atoms with Gasteiger partial charge in [-0.2, -0.15) is 0 Å². The third-order valence-electron chi connectivity index (χ3n) is 1.36. The highest BCUT2D eigenvalue weighted by atomic mass is 19.4. The molecule has 14 heavy (non-hydrogen) atoms. The number of rotatable bonds is 2. The Bertz CT molecular complexity index is 322. The molecule has 0 N–H and O–H groups in total. The summed E-state index contributed by atoms with van der Waals surface area (Å²) in [5, 5.41) is 0. The maximum atomic E-state index is 12.7. The van der Waals surface area contributed by atoms with Crippen LogP contribution in [0.2, 0.25) is 0 Å². The second-order valence-electron chi connectivity index (χ2n) is 2.34. The van der Waals surface area contributed by atoms with E-state index >= 15 is 0 Å². The quantitative estimate of drug-likeness (QED) is 0.698. The summed E-state index contributed by atoms with van der Waals surface area (Å²) in [5.41, 5.74) is 0. The number of alkyl halides is 3. The van der Waals surface area contributed by atoms with Gasteiger partial charge in [0.25, 0.3) is 0 Å². The van der Waals surface area contributed by atoms with Gasteiger partial charge in [0.15, 0.2) is 11.6 Å². The summed E-state index contributed by atoms with van der Waals surface area (Å²) in [6, 6.07) is 2.52. The van der Waals surface area contributed by atoms with E-state index in [4.69, 9.17) is 0 Å². The Balaban J connectivity index is 2.90. The predicted molar refractivity (Wildman–Crippen MR) is 39.6 cm³/mol. The van der Waals surface area contributed by atoms with Crippen molar-refractivity contribution in [3.8, 4) is 11.5 Å². The molecular formula is C8H6F4O2. The Morgan fingerprint density at radius 3 is 2.36 bits per heavy atom. The Kier molecular flexibility index (Phi) is 2.83. The van der Waals surface area contributed by atoms with Crippen molar-refractivity contribution in [1.82, 2.24) is 0 Å². The van der Waals surface area contributed by atoms with Gasteiger partial charge in [0.2, 0.25) is 0 Å². The van der Waals surface area contributed by atoms with Crippen LogP contribution in [0.1, 0.15) is 0 Å². The van der Waals surface area contributed by atoms with Gasteiger partial charge in [-0.15, -0.1) is 13.2 Å². The van der Waals surface area contributed by atoms with Crippen LogP contribution >= 0.6 is 0 Å². The molecule has 0 aliphatic carbocycles. The lowest BCUT2D eigenvalue weighted by molar-refractivity contribution is -0.274. The summed E-state index contributed by atoms with van der Waals surface area (Å²) in [4.78, 5) is 0. The minimum Gasteiger partial charge on any atom is -0.494 e. The van der Waals surface area contributed by atoms with Gasteiger partial charge < -0.3 is 9.47 Å². The fourth-order valence-electron chi connectivity index (χ4n) is 0.837. The highest BCUT2D eigenvalue weighted by molar-refractivity contribution is 5.34. The molecule has 2 nitrogen and oxygen atoms in total. The fourth-order valence-corrected chi connectivity index (χ4v) is 0.837. The molecule has 78 valence electrons. The molecule has 0 aliphatic rings. The first-order valence-electron chi connectivity index (χ1n) is 3.51. The average Bonchev–Trinajstić information content (AvgIpc) is 2.06. The molecule has 6 heteroatoms. The van der Waals surface area contributed by atoms with Crippen LogP contribution < -0.4 is 9.47 Å². The molecule has 1 rings (SSSR count). The van der Waals surface area contributed by atoms with Crippen LogP contribution in [0.4, 0.5) is 17.6 Å². The van der Waals surface area contributed by atoms with Gasteiger partial charge in [-0.05, 0) is 12.1 Å². The predicted octanol–water partition coefficient (Wildman–Crippen LogP) is 2.73. The summed E-state index contributed by atoms with van der Waals surface area (Å²) in [7, 11) is 1.15. The first kappa shape index (κ1) is 10.6. The van der Waals surface area contributed by atoms with Crippen LogP contribution in [-0.4, -0.2) is 13.5 Å². The van der Waals surface area contributed by atoms with Crippen molar-refractivity contribution in [2.45, 2.75) is 6.36 Å². The van der Waals surface area contributed by atoms with E-state index < -0.39 is 17.9 Å². The summed E-state index contributed by atoms with van der Waals surface area (Å²) in [6.07, 6.45) is -4.79. The molecule has 1 aromatic rings. The van der Waals surface area contributed by atoms with Gasteiger partial charge in [0.05, 0.1) is 7.11 Å². The normalized spacial score (nSPS) is 11.2. The topological polar surface area (TPSA) is 18.5 Å². The van der Waals surface area contributed by atoms with Crippen LogP contribution in [0.25, 0.3) is 0 Å². The Hall–Kier alpha value is -1.46. The van der Waals surface area contributed by atoms with Crippen LogP contribution in [0, 0.1) is 5.82 Å². The molecule has 0 heterocycles. The average molecular weight is 210 g/mol. The zero-order chi connectivity index (χ0) is 10.8. The molecule has 0 fully saturated rings. The first-order chi connectivity index (χ1) is 6.42. The van der Waals surface area contributed by atoms with Crippen LogP contribution in [0.5, 0.6) is 11.5 Å². The van der Waals surface area contributed by atoms with Crippen LogP contribution in [0.3, 0.4) is 0 Å². The Labute approximate surface area is 77.1 Å². The lowest BCUT2D eigenvalue weighted by Crippen LogP contribution is -2.17. The number of halogens is 4. The van der Waals surface area contributed by atoms with Gasteiger partial charge >= 0.3 is 6.36 Å². The molecule has 0 saturated carbocycles. The van der Waals surface area contributed by atoms with E-state index in [0.29, 0.717) is 0 Å². The molecule has 0 amide bonds. The molecule has 0 spiro atoms. The Morgan fingerprint density at radius 2 is 1.86 bits per heavy atom. The highest BCUT2D eigenvalue weighted by Gasteiger charge is 2.31. The lowest BCUT2D eigenvalue weighted by Gasteiger charge is -2.09. The monoisotopic (exact) mass is 210 g/mol. The van der Waals surface area contributed by atoms with Gasteiger partial charge in [-0.3, -0.25) is 0 Å². The molecule has 0 aromatic heterocycles. The van der Waals surface area contributed by atoms with E-state index in [-0.39, 0.29) is 5.75 Å². The highest BCUT2D eigenvalue weighted by Crippen LogP contribution is 2.27. The van der Waals surface area contributed by atoms with E-state index in [0.717, 1.165) is 25.3 Å². The maximum absolute atomic E-state index is 12.7. The molecule has 0 bridgehead atoms. The second-order valence-corrected chi connectivity index (χ2v) is 2.34. The van der Waals surface area contributed by atoms with Crippen molar-refractivity contribution in [3.05, 3.63) is 24.0 Å². The summed E-state index contributed by atoms with van der Waals surface area (Å²) >= 11 is 0. The number of ether oxygens (including phenoxy) is 2. The first-order valence-corrected chi connectivity index (χ1v) is 3.51. The fraction of sp³-hybridized carbons (Fsp3) is 0.250. The number of benzene rings is 1. The second kappa shape index (κ2) is 3.73. The van der Waals surface area contributed by atoms with E-state index in [1.54, 1.807) is 0 Å². The van der Waals surface area contributed by atoms with Gasteiger partial charge in [-0.1, -0.05) is 0 Å². The number of hydrogen-bond donors (Lipinski definition) is 0. The number of hydrogen-bond acceptors (Lipinski definition) is 2.